The van der Waals surface area contributed by atoms with E-state index < -0.39 is 52.5 Å². The van der Waals surface area contributed by atoms with E-state index in [0.717, 1.165) is 0 Å². The smallest absolute Gasteiger partial charge is 0.291 e. The van der Waals surface area contributed by atoms with Crippen LogP contribution in [0.25, 0.3) is 0 Å². The summed E-state index contributed by atoms with van der Waals surface area (Å²) in [6.45, 7) is 5.25. The average molecular weight is 403 g/mol. The number of quaternary nitrogens is 1. The van der Waals surface area contributed by atoms with Crippen molar-refractivity contribution in [1.82, 2.24) is 4.90 Å². The van der Waals surface area contributed by atoms with Crippen molar-refractivity contribution in [3.8, 4) is 0 Å². The van der Waals surface area contributed by atoms with Crippen LogP contribution in [-0.4, -0.2) is 40.1 Å². The molecular weight excluding hydrogens is 379 g/mol. The number of anilines is 1. The van der Waals surface area contributed by atoms with Crippen molar-refractivity contribution in [3.63, 3.8) is 0 Å². The first-order chi connectivity index (χ1) is 13.5. The lowest BCUT2D eigenvalue weighted by atomic mass is 9.76. The molecule has 2 fully saturated rings. The summed E-state index contributed by atoms with van der Waals surface area (Å²) in [6.07, 6.45) is 0.266. The van der Waals surface area contributed by atoms with Crippen LogP contribution in [0.2, 0.25) is 0 Å². The maximum Gasteiger partial charge on any atom is 0.291 e. The van der Waals surface area contributed by atoms with Crippen molar-refractivity contribution in [3.05, 3.63) is 29.6 Å². The van der Waals surface area contributed by atoms with Crippen LogP contribution in [-0.2, 0) is 24.7 Å². The Bertz CT molecular complexity index is 956. The van der Waals surface area contributed by atoms with Gasteiger partial charge in [0.05, 0.1) is 5.69 Å². The zero-order chi connectivity index (χ0) is 21.3. The van der Waals surface area contributed by atoms with E-state index in [-0.39, 0.29) is 18.7 Å². The highest BCUT2D eigenvalue weighted by molar-refractivity contribution is 6.14. The van der Waals surface area contributed by atoms with Crippen molar-refractivity contribution in [1.29, 1.82) is 0 Å². The van der Waals surface area contributed by atoms with E-state index in [2.05, 4.69) is 5.32 Å². The van der Waals surface area contributed by atoms with Crippen molar-refractivity contribution < 1.29 is 28.9 Å². The van der Waals surface area contributed by atoms with Crippen LogP contribution < -0.4 is 16.4 Å². The minimum atomic E-state index is -1.45. The van der Waals surface area contributed by atoms with E-state index in [0.29, 0.717) is 11.3 Å². The Balaban J connectivity index is 1.88. The summed E-state index contributed by atoms with van der Waals surface area (Å²) in [6, 6.07) is 3.43. The number of primary amides is 1. The van der Waals surface area contributed by atoms with Crippen molar-refractivity contribution in [2.75, 3.05) is 5.32 Å². The van der Waals surface area contributed by atoms with E-state index in [9.17, 15) is 23.6 Å². The zero-order valence-electron chi connectivity index (χ0n) is 16.5. The van der Waals surface area contributed by atoms with E-state index >= 15 is 0 Å². The van der Waals surface area contributed by atoms with E-state index in [1.165, 1.54) is 23.1 Å². The first-order valence-corrected chi connectivity index (χ1v) is 9.62. The lowest BCUT2D eigenvalue weighted by Gasteiger charge is -2.33. The molecule has 1 aromatic rings. The molecule has 1 spiro atoms. The maximum atomic E-state index is 14.1. The van der Waals surface area contributed by atoms with Crippen LogP contribution in [0.5, 0.6) is 0 Å². The summed E-state index contributed by atoms with van der Waals surface area (Å²) < 4.78 is 14.1. The molecule has 0 unspecified atom stereocenters. The molecule has 29 heavy (non-hydrogen) atoms. The Labute approximate surface area is 167 Å². The number of carbonyl (C=O) groups excluding carboxylic acids is 4. The number of hydrogen-bond acceptors (Lipinski definition) is 4. The van der Waals surface area contributed by atoms with Gasteiger partial charge in [-0.05, 0) is 39.0 Å². The molecule has 0 aliphatic carbocycles. The molecule has 0 radical (unpaired) electrons. The predicted octanol–water partition coefficient (Wildman–Crippen LogP) is -0.416. The third-order valence-corrected chi connectivity index (χ3v) is 6.23. The van der Waals surface area contributed by atoms with Gasteiger partial charge in [-0.15, -0.1) is 0 Å². The monoisotopic (exact) mass is 403 g/mol. The van der Waals surface area contributed by atoms with Gasteiger partial charge in [0.1, 0.15) is 23.7 Å². The lowest BCUT2D eigenvalue weighted by Crippen LogP contribution is -2.99. The van der Waals surface area contributed by atoms with Gasteiger partial charge in [-0.1, -0.05) is 0 Å². The van der Waals surface area contributed by atoms with Gasteiger partial charge in [-0.2, -0.15) is 0 Å². The van der Waals surface area contributed by atoms with Crippen LogP contribution in [0.3, 0.4) is 0 Å². The molecule has 4 rings (SSSR count). The third kappa shape index (κ3) is 2.60. The number of fused-ring (bicyclic) bond motifs is 4. The van der Waals surface area contributed by atoms with E-state index in [4.69, 9.17) is 5.73 Å². The molecule has 3 aliphatic heterocycles. The summed E-state index contributed by atoms with van der Waals surface area (Å²) >= 11 is 0. The molecule has 1 aromatic carbocycles. The highest BCUT2D eigenvalue weighted by atomic mass is 19.1. The topological polar surface area (TPSA) is 126 Å². The molecule has 8 nitrogen and oxygen atoms in total. The van der Waals surface area contributed by atoms with Gasteiger partial charge in [0.15, 0.2) is 0 Å². The molecule has 0 bridgehead atoms. The van der Waals surface area contributed by atoms with Gasteiger partial charge >= 0.3 is 0 Å². The third-order valence-electron chi connectivity index (χ3n) is 6.23. The fourth-order valence-corrected chi connectivity index (χ4v) is 5.17. The normalized spacial score (nSPS) is 30.7. The van der Waals surface area contributed by atoms with Crippen molar-refractivity contribution >= 4 is 29.3 Å². The number of hydrogen-bond donors (Lipinski definition) is 3. The van der Waals surface area contributed by atoms with Crippen LogP contribution >= 0.6 is 0 Å². The number of nitrogens with two attached hydrogens (primary N) is 2. The largest absolute Gasteiger partial charge is 0.370 e. The minimum Gasteiger partial charge on any atom is -0.370 e. The highest BCUT2D eigenvalue weighted by Gasteiger charge is 2.74. The standard InChI is InChI=1S/C20H23FN4O4/c1-19(2,3)25-16(27)14-12(6-7-13(22)26)24-20(15(14)17(25)28)10-8-9(21)4-5-11(10)23-18(20)29/h4-5,8,12,14-15,24H,6-7H2,1-3H3,(H2,22,26)(H,23,29)/p+1/t12-,14-,15+,20-/m1/s1. The van der Waals surface area contributed by atoms with Crippen molar-refractivity contribution in [2.45, 2.75) is 50.7 Å². The van der Waals surface area contributed by atoms with Crippen LogP contribution in [0.1, 0.15) is 39.2 Å². The molecule has 3 aliphatic rings. The lowest BCUT2D eigenvalue weighted by molar-refractivity contribution is -0.734. The number of nitrogens with one attached hydrogen (secondary N) is 1. The van der Waals surface area contributed by atoms with Gasteiger partial charge in [0, 0.05) is 23.9 Å². The summed E-state index contributed by atoms with van der Waals surface area (Å²) in [5.41, 5.74) is 3.86. The molecule has 0 aromatic heterocycles. The first kappa shape index (κ1) is 19.5. The molecule has 154 valence electrons. The second-order valence-electron chi connectivity index (χ2n) is 9.03. The molecule has 5 N–H and O–H groups in total. The Morgan fingerprint density at radius 1 is 1.28 bits per heavy atom. The second-order valence-corrected chi connectivity index (χ2v) is 9.03. The SMILES string of the molecule is CC(C)(C)N1C(=O)[C@H]2[C@@H](C1=O)[C@@]1([NH2+][C@@H]2CCC(N)=O)C(=O)Nc2ccc(F)cc21. The number of nitrogens with zero attached hydrogens (tertiary/aromatic N) is 1. The average Bonchev–Trinajstić information content (AvgIpc) is 3.18. The van der Waals surface area contributed by atoms with E-state index in [1.807, 2.05) is 0 Å². The maximum absolute atomic E-state index is 14.1. The van der Waals surface area contributed by atoms with Crippen LogP contribution in [0.15, 0.2) is 18.2 Å². The number of rotatable bonds is 3. The first-order valence-electron chi connectivity index (χ1n) is 9.62. The van der Waals surface area contributed by atoms with Gasteiger partial charge in [-0.3, -0.25) is 24.1 Å². The molecule has 9 heteroatoms. The Morgan fingerprint density at radius 2 is 1.97 bits per heavy atom. The molecule has 4 atom stereocenters. The fourth-order valence-electron chi connectivity index (χ4n) is 5.17. The molecule has 4 amide bonds. The van der Waals surface area contributed by atoms with Gasteiger partial charge in [0.2, 0.25) is 23.3 Å². The number of carbonyl (C=O) groups is 4. The molecular formula is C20H24FN4O4+. The fraction of sp³-hybridized carbons (Fsp3) is 0.500. The quantitative estimate of drug-likeness (QED) is 0.593. The predicted molar refractivity (Wildman–Crippen MR) is 99.4 cm³/mol. The number of imide groups is 1. The summed E-state index contributed by atoms with van der Waals surface area (Å²) in [7, 11) is 0. The second kappa shape index (κ2) is 6.09. The minimum absolute atomic E-state index is 0.0229. The number of amides is 4. The van der Waals surface area contributed by atoms with Gasteiger partial charge in [0.25, 0.3) is 5.91 Å². The van der Waals surface area contributed by atoms with E-state index in [1.54, 1.807) is 26.1 Å². The zero-order valence-corrected chi connectivity index (χ0v) is 16.5. The summed E-state index contributed by atoms with van der Waals surface area (Å²) in [5, 5.41) is 4.40. The molecule has 3 heterocycles. The summed E-state index contributed by atoms with van der Waals surface area (Å²) in [5.74, 6) is -4.09. The highest BCUT2D eigenvalue weighted by Crippen LogP contribution is 2.50. The Kier molecular flexibility index (Phi) is 4.10. The Hall–Kier alpha value is -2.81. The number of likely N-dealkylation sites (tertiary alicyclic amines) is 1. The molecule has 0 saturated carbocycles. The Morgan fingerprint density at radius 3 is 2.59 bits per heavy atom. The number of halogens is 1. The van der Waals surface area contributed by atoms with Gasteiger partial charge < -0.3 is 16.4 Å². The van der Waals surface area contributed by atoms with Crippen LogP contribution in [0.4, 0.5) is 10.1 Å². The van der Waals surface area contributed by atoms with Gasteiger partial charge in [-0.25, -0.2) is 4.39 Å². The van der Waals surface area contributed by atoms with Crippen molar-refractivity contribution in [2.24, 2.45) is 17.6 Å². The summed E-state index contributed by atoms with van der Waals surface area (Å²) in [4.78, 5) is 52.5. The molecule has 2 saturated heterocycles. The van der Waals surface area contributed by atoms with Crippen LogP contribution in [0, 0.1) is 17.7 Å². The number of benzene rings is 1.